The number of carbonyl (C=O) groups is 1. The van der Waals surface area contributed by atoms with Gasteiger partial charge in [-0.15, -0.1) is 10.2 Å². The molecule has 0 fully saturated rings. The van der Waals surface area contributed by atoms with E-state index in [2.05, 4.69) is 15.2 Å². The Bertz CT molecular complexity index is 1000. The second-order valence-electron chi connectivity index (χ2n) is 5.19. The number of methoxy groups -OCH3 is 1. The Hall–Kier alpha value is -2.77. The van der Waals surface area contributed by atoms with Crippen LogP contribution in [0.1, 0.15) is 0 Å². The van der Waals surface area contributed by atoms with Crippen LogP contribution in [0.2, 0.25) is 10.0 Å². The number of aromatic amines is 1. The van der Waals surface area contributed by atoms with Crippen LogP contribution >= 0.6 is 23.2 Å². The van der Waals surface area contributed by atoms with E-state index in [-0.39, 0.29) is 23.2 Å². The number of azo groups is 1. The van der Waals surface area contributed by atoms with Gasteiger partial charge in [0.25, 0.3) is 0 Å². The van der Waals surface area contributed by atoms with Gasteiger partial charge in [0.05, 0.1) is 17.6 Å². The number of benzene rings is 2. The Morgan fingerprint density at radius 1 is 1.23 bits per heavy atom. The number of fused-ring (bicyclic) bond motifs is 1. The van der Waals surface area contributed by atoms with Crippen LogP contribution in [-0.2, 0) is 4.79 Å². The third kappa shape index (κ3) is 3.89. The summed E-state index contributed by atoms with van der Waals surface area (Å²) in [6, 6.07) is 9.77. The van der Waals surface area contributed by atoms with Gasteiger partial charge in [-0.3, -0.25) is 4.79 Å². The van der Waals surface area contributed by atoms with Gasteiger partial charge in [-0.25, -0.2) is 0 Å². The first-order valence-corrected chi connectivity index (χ1v) is 8.14. The normalized spacial score (nSPS) is 11.2. The summed E-state index contributed by atoms with van der Waals surface area (Å²) in [7, 11) is 1.53. The van der Waals surface area contributed by atoms with Gasteiger partial charge in [0.2, 0.25) is 5.88 Å². The highest BCUT2D eigenvalue weighted by atomic mass is 35.5. The summed E-state index contributed by atoms with van der Waals surface area (Å²) in [4.78, 5) is 14.6. The number of hydrogen-bond donors (Lipinski definition) is 2. The molecule has 1 aromatic heterocycles. The molecule has 2 N–H and O–H groups in total. The number of rotatable bonds is 5. The molecule has 26 heavy (non-hydrogen) atoms. The van der Waals surface area contributed by atoms with Crippen molar-refractivity contribution >= 4 is 45.7 Å². The van der Waals surface area contributed by atoms with E-state index in [1.54, 1.807) is 30.3 Å². The van der Waals surface area contributed by atoms with E-state index >= 15 is 0 Å². The van der Waals surface area contributed by atoms with Crippen molar-refractivity contribution in [2.75, 3.05) is 13.7 Å². The molecule has 7 nitrogen and oxygen atoms in total. The average molecular weight is 394 g/mol. The van der Waals surface area contributed by atoms with E-state index in [1.807, 2.05) is 0 Å². The Morgan fingerprint density at radius 2 is 2.04 bits per heavy atom. The number of ether oxygens (including phenoxy) is 2. The second kappa shape index (κ2) is 7.63. The minimum atomic E-state index is -0.646. The quantitative estimate of drug-likeness (QED) is 0.603. The summed E-state index contributed by atoms with van der Waals surface area (Å²) in [6.07, 6.45) is 0. The third-order valence-corrected chi connectivity index (χ3v) is 4.00. The molecule has 0 aliphatic rings. The Morgan fingerprint density at radius 3 is 2.77 bits per heavy atom. The number of amides is 1. The van der Waals surface area contributed by atoms with Crippen molar-refractivity contribution in [3.05, 3.63) is 46.4 Å². The zero-order valence-corrected chi connectivity index (χ0v) is 15.0. The van der Waals surface area contributed by atoms with Crippen molar-refractivity contribution in [1.29, 1.82) is 0 Å². The van der Waals surface area contributed by atoms with Crippen LogP contribution in [0.3, 0.4) is 0 Å². The highest BCUT2D eigenvalue weighted by Gasteiger charge is 2.12. The largest absolute Gasteiger partial charge is 0.497 e. The third-order valence-electron chi connectivity index (χ3n) is 3.47. The maximum Gasteiger partial charge on any atom is 0.302 e. The van der Waals surface area contributed by atoms with Crippen molar-refractivity contribution in [2.24, 2.45) is 10.2 Å². The number of halogens is 2. The molecule has 0 bridgehead atoms. The highest BCUT2D eigenvalue weighted by Crippen LogP contribution is 2.37. The molecule has 3 rings (SSSR count). The number of aromatic nitrogens is 1. The van der Waals surface area contributed by atoms with Crippen molar-refractivity contribution in [1.82, 2.24) is 4.98 Å². The maximum atomic E-state index is 11.9. The van der Waals surface area contributed by atoms with Gasteiger partial charge in [-0.05, 0) is 36.4 Å². The molecule has 0 saturated heterocycles. The van der Waals surface area contributed by atoms with E-state index in [0.29, 0.717) is 27.4 Å². The average Bonchev–Trinajstić information content (AvgIpc) is 2.93. The standard InChI is InChI=1S/C17H13Cl2N3O4/c1-25-10-3-4-13-11(7-10)16(17(24)20-13)22-21-15(23)8-26-14-5-2-9(18)6-12(14)19/h2-7,20,24H,8H2,1H3. The Balaban J connectivity index is 1.74. The first kappa shape index (κ1) is 18.0. The number of hydrogen-bond acceptors (Lipinski definition) is 5. The molecule has 134 valence electrons. The van der Waals surface area contributed by atoms with Gasteiger partial charge in [0.15, 0.2) is 12.3 Å². The fraction of sp³-hybridized carbons (Fsp3) is 0.118. The molecule has 0 aliphatic heterocycles. The summed E-state index contributed by atoms with van der Waals surface area (Å²) in [5.74, 6) is 0.0402. The molecule has 2 aromatic carbocycles. The zero-order valence-electron chi connectivity index (χ0n) is 13.5. The van der Waals surface area contributed by atoms with E-state index in [1.165, 1.54) is 13.2 Å². The van der Waals surface area contributed by atoms with Gasteiger partial charge in [-0.1, -0.05) is 23.2 Å². The van der Waals surface area contributed by atoms with Crippen LogP contribution in [0.5, 0.6) is 17.4 Å². The monoisotopic (exact) mass is 393 g/mol. The lowest BCUT2D eigenvalue weighted by atomic mass is 10.2. The van der Waals surface area contributed by atoms with Crippen LogP contribution in [0.4, 0.5) is 5.69 Å². The Kier molecular flexibility index (Phi) is 5.29. The molecular formula is C17H13Cl2N3O4. The number of nitrogens with zero attached hydrogens (tertiary/aromatic N) is 2. The van der Waals surface area contributed by atoms with Crippen LogP contribution in [-0.4, -0.2) is 29.7 Å². The molecule has 0 spiro atoms. The zero-order chi connectivity index (χ0) is 18.7. The lowest BCUT2D eigenvalue weighted by molar-refractivity contribution is -0.120. The van der Waals surface area contributed by atoms with Gasteiger partial charge < -0.3 is 19.6 Å². The molecule has 3 aromatic rings. The lowest BCUT2D eigenvalue weighted by Gasteiger charge is -2.05. The summed E-state index contributed by atoms with van der Waals surface area (Å²) < 4.78 is 10.4. The molecule has 1 heterocycles. The van der Waals surface area contributed by atoms with Gasteiger partial charge >= 0.3 is 5.91 Å². The van der Waals surface area contributed by atoms with Crippen LogP contribution in [0.25, 0.3) is 10.9 Å². The van der Waals surface area contributed by atoms with Crippen molar-refractivity contribution in [3.63, 3.8) is 0 Å². The SMILES string of the molecule is COc1ccc2[nH]c(O)c(N=NC(=O)COc3ccc(Cl)cc3Cl)c2c1. The first-order valence-electron chi connectivity index (χ1n) is 7.39. The molecular weight excluding hydrogens is 381 g/mol. The summed E-state index contributed by atoms with van der Waals surface area (Å²) >= 11 is 11.8. The maximum absolute atomic E-state index is 11.9. The Labute approximate surface area is 158 Å². The topological polar surface area (TPSA) is 96.3 Å². The van der Waals surface area contributed by atoms with Gasteiger partial charge in [-0.2, -0.15) is 0 Å². The number of aromatic hydroxyl groups is 1. The summed E-state index contributed by atoms with van der Waals surface area (Å²) in [5, 5.41) is 18.7. The van der Waals surface area contributed by atoms with E-state index in [9.17, 15) is 9.90 Å². The molecule has 0 unspecified atom stereocenters. The molecule has 0 radical (unpaired) electrons. The van der Waals surface area contributed by atoms with E-state index in [4.69, 9.17) is 32.7 Å². The van der Waals surface area contributed by atoms with Crippen LogP contribution in [0.15, 0.2) is 46.6 Å². The lowest BCUT2D eigenvalue weighted by Crippen LogP contribution is -2.08. The predicted octanol–water partition coefficient (Wildman–Crippen LogP) is 4.88. The summed E-state index contributed by atoms with van der Waals surface area (Å²) in [5.41, 5.74) is 0.769. The highest BCUT2D eigenvalue weighted by molar-refractivity contribution is 6.35. The van der Waals surface area contributed by atoms with Crippen LogP contribution in [0, 0.1) is 0 Å². The van der Waals surface area contributed by atoms with Gasteiger partial charge in [0, 0.05) is 10.4 Å². The number of nitrogens with one attached hydrogen (secondary N) is 1. The van der Waals surface area contributed by atoms with E-state index < -0.39 is 5.91 Å². The minimum Gasteiger partial charge on any atom is -0.497 e. The molecule has 0 aliphatic carbocycles. The number of carbonyl (C=O) groups excluding carboxylic acids is 1. The minimum absolute atomic E-state index is 0.136. The molecule has 1 amide bonds. The van der Waals surface area contributed by atoms with Gasteiger partial charge in [0.1, 0.15) is 11.5 Å². The van der Waals surface area contributed by atoms with Crippen molar-refractivity contribution in [2.45, 2.75) is 0 Å². The second-order valence-corrected chi connectivity index (χ2v) is 6.03. The fourth-order valence-electron chi connectivity index (χ4n) is 2.24. The van der Waals surface area contributed by atoms with Crippen LogP contribution < -0.4 is 9.47 Å². The molecule has 0 atom stereocenters. The first-order chi connectivity index (χ1) is 12.5. The molecule has 0 saturated carbocycles. The van der Waals surface area contributed by atoms with Crippen molar-refractivity contribution < 1.29 is 19.4 Å². The smallest absolute Gasteiger partial charge is 0.302 e. The van der Waals surface area contributed by atoms with Crippen molar-refractivity contribution in [3.8, 4) is 17.4 Å². The fourth-order valence-corrected chi connectivity index (χ4v) is 2.70. The predicted molar refractivity (Wildman–Crippen MR) is 98.0 cm³/mol. The number of H-pyrrole nitrogens is 1. The summed E-state index contributed by atoms with van der Waals surface area (Å²) in [6.45, 7) is -0.364. The molecule has 9 heteroatoms. The van der Waals surface area contributed by atoms with E-state index in [0.717, 1.165) is 0 Å².